The minimum atomic E-state index is -0.456. The first-order valence-electron chi connectivity index (χ1n) is 3.33. The zero-order valence-electron chi connectivity index (χ0n) is 6.17. The lowest BCUT2D eigenvalue weighted by Crippen LogP contribution is -2.14. The largest absolute Gasteiger partial charge is 0.394 e. The summed E-state index contributed by atoms with van der Waals surface area (Å²) < 4.78 is 0. The Morgan fingerprint density at radius 2 is 1.92 bits per heavy atom. The maximum Gasteiger partial charge on any atom is 0.131 e. The van der Waals surface area contributed by atoms with E-state index in [4.69, 9.17) is 34.0 Å². The van der Waals surface area contributed by atoms with E-state index >= 15 is 0 Å². The number of aliphatic hydroxyl groups is 1. The predicted octanol–water partition coefficient (Wildman–Crippen LogP) is 1.38. The molecule has 0 amide bonds. The smallest absolute Gasteiger partial charge is 0.131 e. The van der Waals surface area contributed by atoms with Gasteiger partial charge >= 0.3 is 0 Å². The van der Waals surface area contributed by atoms with E-state index in [2.05, 4.69) is 4.98 Å². The predicted molar refractivity (Wildman–Crippen MR) is 48.3 cm³/mol. The summed E-state index contributed by atoms with van der Waals surface area (Å²) in [4.78, 5) is 3.74. The van der Waals surface area contributed by atoms with Crippen molar-refractivity contribution in [3.8, 4) is 0 Å². The Hall–Kier alpha value is -0.350. The third-order valence-electron chi connectivity index (χ3n) is 1.41. The van der Waals surface area contributed by atoms with Crippen molar-refractivity contribution in [2.75, 3.05) is 6.61 Å². The van der Waals surface area contributed by atoms with Crippen LogP contribution >= 0.6 is 23.2 Å². The fourth-order valence-electron chi connectivity index (χ4n) is 0.803. The Bertz CT molecular complexity index is 260. The molecule has 0 saturated heterocycles. The van der Waals surface area contributed by atoms with Gasteiger partial charge in [-0.3, -0.25) is 0 Å². The van der Waals surface area contributed by atoms with E-state index in [0.717, 1.165) is 0 Å². The highest BCUT2D eigenvalue weighted by molar-refractivity contribution is 6.32. The van der Waals surface area contributed by atoms with Crippen molar-refractivity contribution in [2.24, 2.45) is 5.73 Å². The Morgan fingerprint density at radius 3 is 2.33 bits per heavy atom. The molecule has 3 nitrogen and oxygen atoms in total. The minimum Gasteiger partial charge on any atom is -0.394 e. The molecule has 3 N–H and O–H groups in total. The van der Waals surface area contributed by atoms with Crippen molar-refractivity contribution in [3.63, 3.8) is 0 Å². The Morgan fingerprint density at radius 1 is 1.42 bits per heavy atom. The van der Waals surface area contributed by atoms with E-state index in [0.29, 0.717) is 5.56 Å². The van der Waals surface area contributed by atoms with E-state index in [-0.39, 0.29) is 16.9 Å². The highest BCUT2D eigenvalue weighted by Crippen LogP contribution is 2.18. The molecule has 0 aromatic carbocycles. The average Bonchev–Trinajstić information content (AvgIpc) is 2.01. The number of nitrogens with zero attached hydrogens (tertiary/aromatic N) is 1. The molecule has 0 spiro atoms. The van der Waals surface area contributed by atoms with Gasteiger partial charge in [-0.05, 0) is 17.7 Å². The van der Waals surface area contributed by atoms with Crippen molar-refractivity contribution in [1.29, 1.82) is 0 Å². The van der Waals surface area contributed by atoms with Gasteiger partial charge in [0.2, 0.25) is 0 Å². The van der Waals surface area contributed by atoms with Crippen LogP contribution < -0.4 is 5.73 Å². The van der Waals surface area contributed by atoms with Crippen LogP contribution in [0, 0.1) is 0 Å². The standard InChI is InChI=1S/C7H8Cl2N2O/c8-6-1-4(5(10)3-12)2-7(9)11-6/h1-2,5,12H,3,10H2. The molecular formula is C7H8Cl2N2O. The highest BCUT2D eigenvalue weighted by atomic mass is 35.5. The molecule has 0 aliphatic heterocycles. The Kier molecular flexibility index (Phi) is 3.29. The molecule has 0 aliphatic rings. The van der Waals surface area contributed by atoms with Crippen molar-refractivity contribution in [1.82, 2.24) is 4.98 Å². The van der Waals surface area contributed by atoms with E-state index in [1.165, 1.54) is 0 Å². The third-order valence-corrected chi connectivity index (χ3v) is 1.80. The molecule has 0 bridgehead atoms. The van der Waals surface area contributed by atoms with Crippen molar-refractivity contribution in [2.45, 2.75) is 6.04 Å². The summed E-state index contributed by atoms with van der Waals surface area (Å²) in [7, 11) is 0. The average molecular weight is 207 g/mol. The number of hydrogen-bond acceptors (Lipinski definition) is 3. The lowest BCUT2D eigenvalue weighted by molar-refractivity contribution is 0.268. The van der Waals surface area contributed by atoms with Gasteiger partial charge < -0.3 is 10.8 Å². The summed E-state index contributed by atoms with van der Waals surface area (Å²) in [5.74, 6) is 0. The molecule has 1 aromatic heterocycles. The first-order chi connectivity index (χ1) is 5.63. The quantitative estimate of drug-likeness (QED) is 0.720. The highest BCUT2D eigenvalue weighted by Gasteiger charge is 2.06. The molecule has 1 unspecified atom stereocenters. The van der Waals surface area contributed by atoms with E-state index < -0.39 is 6.04 Å². The minimum absolute atomic E-state index is 0.142. The monoisotopic (exact) mass is 206 g/mol. The summed E-state index contributed by atoms with van der Waals surface area (Å²) in [6, 6.07) is 2.70. The molecule has 0 fully saturated rings. The third kappa shape index (κ3) is 2.32. The van der Waals surface area contributed by atoms with Gasteiger partial charge in [0, 0.05) is 0 Å². The number of nitrogens with two attached hydrogens (primary N) is 1. The summed E-state index contributed by atoms with van der Waals surface area (Å²) in [5.41, 5.74) is 6.22. The lowest BCUT2D eigenvalue weighted by atomic mass is 10.1. The first-order valence-corrected chi connectivity index (χ1v) is 4.08. The number of pyridine rings is 1. The van der Waals surface area contributed by atoms with Crippen LogP contribution in [0.15, 0.2) is 12.1 Å². The van der Waals surface area contributed by atoms with Crippen LogP contribution in [0.3, 0.4) is 0 Å². The fraction of sp³-hybridized carbons (Fsp3) is 0.286. The van der Waals surface area contributed by atoms with Crippen LogP contribution in [-0.4, -0.2) is 16.7 Å². The van der Waals surface area contributed by atoms with Gasteiger partial charge in [0.25, 0.3) is 0 Å². The van der Waals surface area contributed by atoms with Crippen LogP contribution in [0.4, 0.5) is 0 Å². The van der Waals surface area contributed by atoms with Crippen LogP contribution in [-0.2, 0) is 0 Å². The summed E-state index contributed by atoms with van der Waals surface area (Å²) in [6.45, 7) is -0.142. The van der Waals surface area contributed by atoms with Crippen LogP contribution in [0.5, 0.6) is 0 Å². The summed E-state index contributed by atoms with van der Waals surface area (Å²) in [5, 5.41) is 9.30. The van der Waals surface area contributed by atoms with E-state index in [1.807, 2.05) is 0 Å². The van der Waals surface area contributed by atoms with Crippen molar-refractivity contribution in [3.05, 3.63) is 28.0 Å². The first kappa shape index (κ1) is 9.74. The lowest BCUT2D eigenvalue weighted by Gasteiger charge is -2.08. The molecule has 5 heteroatoms. The number of aromatic nitrogens is 1. The Balaban J connectivity index is 3.00. The zero-order valence-corrected chi connectivity index (χ0v) is 7.68. The maximum absolute atomic E-state index is 8.74. The zero-order chi connectivity index (χ0) is 9.14. The Labute approximate surface area is 80.1 Å². The van der Waals surface area contributed by atoms with Crippen LogP contribution in [0.25, 0.3) is 0 Å². The van der Waals surface area contributed by atoms with Gasteiger partial charge in [0.05, 0.1) is 12.6 Å². The van der Waals surface area contributed by atoms with Crippen molar-refractivity contribution >= 4 is 23.2 Å². The molecule has 12 heavy (non-hydrogen) atoms. The molecule has 0 aliphatic carbocycles. The molecule has 1 atom stereocenters. The SMILES string of the molecule is NC(CO)c1cc(Cl)nc(Cl)c1. The van der Waals surface area contributed by atoms with Gasteiger partial charge in [-0.2, -0.15) is 0 Å². The van der Waals surface area contributed by atoms with Gasteiger partial charge in [0.15, 0.2) is 0 Å². The molecule has 0 radical (unpaired) electrons. The topological polar surface area (TPSA) is 59.1 Å². The fourth-order valence-corrected chi connectivity index (χ4v) is 1.28. The summed E-state index contributed by atoms with van der Waals surface area (Å²) >= 11 is 11.2. The number of halogens is 2. The molecule has 1 rings (SSSR count). The molecule has 1 heterocycles. The normalized spacial score (nSPS) is 13.0. The molecule has 66 valence electrons. The van der Waals surface area contributed by atoms with Gasteiger partial charge in [-0.1, -0.05) is 23.2 Å². The van der Waals surface area contributed by atoms with Gasteiger partial charge in [-0.25, -0.2) is 4.98 Å². The summed E-state index contributed by atoms with van der Waals surface area (Å²) in [6.07, 6.45) is 0. The van der Waals surface area contributed by atoms with E-state index in [1.54, 1.807) is 12.1 Å². The van der Waals surface area contributed by atoms with Gasteiger partial charge in [-0.15, -0.1) is 0 Å². The molecule has 0 saturated carbocycles. The van der Waals surface area contributed by atoms with Crippen LogP contribution in [0.2, 0.25) is 10.3 Å². The second-order valence-electron chi connectivity index (χ2n) is 2.33. The maximum atomic E-state index is 8.74. The molecular weight excluding hydrogens is 199 g/mol. The second-order valence-corrected chi connectivity index (χ2v) is 3.11. The van der Waals surface area contributed by atoms with E-state index in [9.17, 15) is 0 Å². The number of rotatable bonds is 2. The van der Waals surface area contributed by atoms with Crippen molar-refractivity contribution < 1.29 is 5.11 Å². The second kappa shape index (κ2) is 4.05. The van der Waals surface area contributed by atoms with Crippen LogP contribution in [0.1, 0.15) is 11.6 Å². The number of hydrogen-bond donors (Lipinski definition) is 2. The molecule has 1 aromatic rings. The van der Waals surface area contributed by atoms with Gasteiger partial charge in [0.1, 0.15) is 10.3 Å². The number of aliphatic hydroxyl groups excluding tert-OH is 1.